The highest BCUT2D eigenvalue weighted by molar-refractivity contribution is 7.92. The molecule has 0 aliphatic rings. The second-order valence-electron chi connectivity index (χ2n) is 7.99. The summed E-state index contributed by atoms with van der Waals surface area (Å²) in [7, 11) is -3.90. The fourth-order valence-electron chi connectivity index (χ4n) is 3.25. The summed E-state index contributed by atoms with van der Waals surface area (Å²) in [6, 6.07) is 8.22. The molecule has 12 heteroatoms. The Morgan fingerprint density at radius 2 is 1.63 bits per heavy atom. The second kappa shape index (κ2) is 13.0. The van der Waals surface area contributed by atoms with Gasteiger partial charge in [0.25, 0.3) is 0 Å². The third-order valence-electron chi connectivity index (χ3n) is 5.15. The Morgan fingerprint density at radius 3 is 2.17 bits per heavy atom. The van der Waals surface area contributed by atoms with Gasteiger partial charge in [0.1, 0.15) is 12.6 Å². The van der Waals surface area contributed by atoms with E-state index < -0.39 is 28.5 Å². The van der Waals surface area contributed by atoms with Gasteiger partial charge in [-0.05, 0) is 49.2 Å². The van der Waals surface area contributed by atoms with Crippen molar-refractivity contribution in [3.63, 3.8) is 0 Å². The van der Waals surface area contributed by atoms with Crippen LogP contribution in [0.5, 0.6) is 0 Å². The Kier molecular flexibility index (Phi) is 11.0. The fourth-order valence-corrected chi connectivity index (χ4v) is 4.92. The first-order chi connectivity index (χ1) is 16.3. The quantitative estimate of drug-likeness (QED) is 0.359. The summed E-state index contributed by atoms with van der Waals surface area (Å²) in [6.07, 6.45) is 2.65. The van der Waals surface area contributed by atoms with Crippen LogP contribution in [0, 0.1) is 0 Å². The molecule has 2 aromatic rings. The van der Waals surface area contributed by atoms with E-state index in [-0.39, 0.29) is 28.2 Å². The molecule has 0 aromatic heterocycles. The van der Waals surface area contributed by atoms with Gasteiger partial charge in [-0.15, -0.1) is 0 Å². The lowest BCUT2D eigenvalue weighted by Gasteiger charge is -2.31. The van der Waals surface area contributed by atoms with Crippen molar-refractivity contribution in [1.82, 2.24) is 10.2 Å². The van der Waals surface area contributed by atoms with Crippen LogP contribution in [0.1, 0.15) is 32.3 Å². The summed E-state index contributed by atoms with van der Waals surface area (Å²) in [6.45, 7) is 3.48. The van der Waals surface area contributed by atoms with Gasteiger partial charge >= 0.3 is 0 Å². The molecular formula is C23H27Cl4N3O4S. The largest absolute Gasteiger partial charge is 0.354 e. The van der Waals surface area contributed by atoms with Crippen LogP contribution in [-0.2, 0) is 26.2 Å². The number of halogens is 4. The zero-order valence-electron chi connectivity index (χ0n) is 19.5. The molecule has 192 valence electrons. The molecule has 35 heavy (non-hydrogen) atoms. The van der Waals surface area contributed by atoms with Gasteiger partial charge in [-0.2, -0.15) is 0 Å². The minimum Gasteiger partial charge on any atom is -0.354 e. The van der Waals surface area contributed by atoms with E-state index in [0.717, 1.165) is 23.4 Å². The van der Waals surface area contributed by atoms with Gasteiger partial charge in [0, 0.05) is 23.1 Å². The second-order valence-corrected chi connectivity index (χ2v) is 11.6. The molecule has 2 aromatic carbocycles. The summed E-state index contributed by atoms with van der Waals surface area (Å²) >= 11 is 24.2. The van der Waals surface area contributed by atoms with Crippen LogP contribution in [0.4, 0.5) is 5.69 Å². The van der Waals surface area contributed by atoms with Gasteiger partial charge in [0.2, 0.25) is 21.8 Å². The first kappa shape index (κ1) is 29.5. The van der Waals surface area contributed by atoms with Crippen LogP contribution in [0.2, 0.25) is 20.1 Å². The maximum absolute atomic E-state index is 13.5. The molecule has 2 rings (SSSR count). The van der Waals surface area contributed by atoms with Gasteiger partial charge in [-0.25, -0.2) is 8.42 Å². The highest BCUT2D eigenvalue weighted by Gasteiger charge is 2.30. The van der Waals surface area contributed by atoms with Crippen LogP contribution < -0.4 is 9.62 Å². The number of rotatable bonds is 11. The number of carbonyl (C=O) groups excluding carboxylic acids is 2. The predicted octanol–water partition coefficient (Wildman–Crippen LogP) is 5.40. The SMILES string of the molecule is CCCCNC(=O)C(C)N(Cc1ccc(Cl)c(Cl)c1)C(=O)CN(c1cc(Cl)cc(Cl)c1)S(C)(=O)=O. The molecule has 0 radical (unpaired) electrons. The lowest BCUT2D eigenvalue weighted by Crippen LogP contribution is -2.51. The summed E-state index contributed by atoms with van der Waals surface area (Å²) in [4.78, 5) is 27.6. The predicted molar refractivity (Wildman–Crippen MR) is 143 cm³/mol. The summed E-state index contributed by atoms with van der Waals surface area (Å²) in [5.41, 5.74) is 0.755. The maximum Gasteiger partial charge on any atom is 0.244 e. The number of nitrogens with one attached hydrogen (secondary N) is 1. The van der Waals surface area contributed by atoms with Crippen LogP contribution >= 0.6 is 46.4 Å². The van der Waals surface area contributed by atoms with E-state index in [9.17, 15) is 18.0 Å². The number of hydrogen-bond acceptors (Lipinski definition) is 4. The van der Waals surface area contributed by atoms with Crippen molar-refractivity contribution in [3.8, 4) is 0 Å². The zero-order chi connectivity index (χ0) is 26.3. The molecule has 1 N–H and O–H groups in total. The Morgan fingerprint density at radius 1 is 1.00 bits per heavy atom. The van der Waals surface area contributed by atoms with Gasteiger partial charge in [0.05, 0.1) is 22.0 Å². The molecule has 1 unspecified atom stereocenters. The third-order valence-corrected chi connectivity index (χ3v) is 7.46. The van der Waals surface area contributed by atoms with Crippen molar-refractivity contribution in [1.29, 1.82) is 0 Å². The molecular weight excluding hydrogens is 556 g/mol. The number of sulfonamides is 1. The normalized spacial score (nSPS) is 12.2. The summed E-state index contributed by atoms with van der Waals surface area (Å²) in [5.74, 6) is -0.959. The molecule has 7 nitrogen and oxygen atoms in total. The van der Waals surface area contributed by atoms with Crippen LogP contribution in [0.25, 0.3) is 0 Å². The van der Waals surface area contributed by atoms with Gasteiger partial charge in [0.15, 0.2) is 0 Å². The van der Waals surface area contributed by atoms with Gasteiger partial charge in [-0.1, -0.05) is 65.8 Å². The highest BCUT2D eigenvalue weighted by atomic mass is 35.5. The van der Waals surface area contributed by atoms with Gasteiger partial charge < -0.3 is 10.2 Å². The van der Waals surface area contributed by atoms with E-state index in [0.29, 0.717) is 22.2 Å². The number of nitrogens with zero attached hydrogens (tertiary/aromatic N) is 2. The lowest BCUT2D eigenvalue weighted by molar-refractivity contribution is -0.139. The zero-order valence-corrected chi connectivity index (χ0v) is 23.4. The minimum atomic E-state index is -3.90. The summed E-state index contributed by atoms with van der Waals surface area (Å²) in [5, 5.41) is 3.88. The standard InChI is InChI=1S/C23H27Cl4N3O4S/c1-4-5-8-28-23(32)15(2)29(13-16-6-7-20(26)21(27)9-16)22(31)14-30(35(3,33)34)19-11-17(24)10-18(25)12-19/h6-7,9-12,15H,4-5,8,13-14H2,1-3H3,(H,28,32). The van der Waals surface area contributed by atoms with E-state index in [2.05, 4.69) is 5.32 Å². The van der Waals surface area contributed by atoms with E-state index >= 15 is 0 Å². The molecule has 0 aliphatic heterocycles. The average molecular weight is 583 g/mol. The molecule has 0 bridgehead atoms. The van der Waals surface area contributed by atoms with Crippen molar-refractivity contribution in [2.45, 2.75) is 39.3 Å². The fraction of sp³-hybridized carbons (Fsp3) is 0.391. The monoisotopic (exact) mass is 581 g/mol. The number of anilines is 1. The van der Waals surface area contributed by atoms with Crippen molar-refractivity contribution in [3.05, 3.63) is 62.1 Å². The van der Waals surface area contributed by atoms with E-state index in [1.807, 2.05) is 6.92 Å². The number of amides is 2. The topological polar surface area (TPSA) is 86.8 Å². The number of benzene rings is 2. The third kappa shape index (κ3) is 8.72. The lowest BCUT2D eigenvalue weighted by atomic mass is 10.1. The smallest absolute Gasteiger partial charge is 0.244 e. The minimum absolute atomic E-state index is 0.00594. The average Bonchev–Trinajstić information content (AvgIpc) is 2.76. The van der Waals surface area contributed by atoms with Gasteiger partial charge in [-0.3, -0.25) is 13.9 Å². The molecule has 0 saturated heterocycles. The molecule has 0 heterocycles. The summed E-state index contributed by atoms with van der Waals surface area (Å²) < 4.78 is 26.1. The van der Waals surface area contributed by atoms with Crippen molar-refractivity contribution < 1.29 is 18.0 Å². The van der Waals surface area contributed by atoms with Crippen molar-refractivity contribution in [2.24, 2.45) is 0 Å². The maximum atomic E-state index is 13.5. The molecule has 0 saturated carbocycles. The molecule has 0 fully saturated rings. The van der Waals surface area contributed by atoms with Crippen LogP contribution in [0.3, 0.4) is 0 Å². The Labute approximate surface area is 226 Å². The number of unbranched alkanes of at least 4 members (excludes halogenated alkanes) is 1. The Bertz CT molecular complexity index is 1160. The van der Waals surface area contributed by atoms with E-state index in [1.54, 1.807) is 25.1 Å². The molecule has 0 spiro atoms. The molecule has 2 amide bonds. The molecule has 1 atom stereocenters. The van der Waals surface area contributed by atoms with E-state index in [1.165, 1.54) is 23.1 Å². The van der Waals surface area contributed by atoms with Crippen LogP contribution in [-0.4, -0.2) is 50.5 Å². The Hall–Kier alpha value is -1.71. The van der Waals surface area contributed by atoms with Crippen molar-refractivity contribution >= 4 is 73.9 Å². The molecule has 0 aliphatic carbocycles. The van der Waals surface area contributed by atoms with E-state index in [4.69, 9.17) is 46.4 Å². The van der Waals surface area contributed by atoms with Crippen molar-refractivity contribution in [2.75, 3.05) is 23.7 Å². The van der Waals surface area contributed by atoms with Crippen LogP contribution in [0.15, 0.2) is 36.4 Å². The first-order valence-electron chi connectivity index (χ1n) is 10.8. The Balaban J connectivity index is 2.40. The highest BCUT2D eigenvalue weighted by Crippen LogP contribution is 2.28. The first-order valence-corrected chi connectivity index (χ1v) is 14.1. The number of carbonyl (C=O) groups is 2. The number of hydrogen-bond donors (Lipinski definition) is 1.